The van der Waals surface area contributed by atoms with Crippen LogP contribution >= 0.6 is 0 Å². The van der Waals surface area contributed by atoms with E-state index in [2.05, 4.69) is 0 Å². The lowest BCUT2D eigenvalue weighted by atomic mass is 10.3. The van der Waals surface area contributed by atoms with Gasteiger partial charge in [0, 0.05) is 6.54 Å². The van der Waals surface area contributed by atoms with Crippen LogP contribution < -0.4 is 5.73 Å². The van der Waals surface area contributed by atoms with Gasteiger partial charge in [-0.2, -0.15) is 4.31 Å². The Balaban J connectivity index is 5.00. The van der Waals surface area contributed by atoms with E-state index in [1.54, 1.807) is 20.8 Å². The van der Waals surface area contributed by atoms with E-state index >= 15 is 0 Å². The van der Waals surface area contributed by atoms with Gasteiger partial charge >= 0.3 is 0 Å². The third-order valence-corrected chi connectivity index (χ3v) is 4.47. The van der Waals surface area contributed by atoms with Gasteiger partial charge < -0.3 is 5.73 Å². The first-order valence-corrected chi connectivity index (χ1v) is 6.39. The van der Waals surface area contributed by atoms with Gasteiger partial charge in [0.05, 0.1) is 11.3 Å². The summed E-state index contributed by atoms with van der Waals surface area (Å²) in [5.74, 6) is -0.128. The molecular formula is C9H21N3O2S. The minimum Gasteiger partial charge on any atom is -0.387 e. The molecule has 0 aliphatic rings. The molecule has 0 saturated carbocycles. The molecule has 0 amide bonds. The topological polar surface area (TPSA) is 87.2 Å². The van der Waals surface area contributed by atoms with Crippen molar-refractivity contribution < 1.29 is 8.42 Å². The molecule has 0 heterocycles. The maximum Gasteiger partial charge on any atom is 0.219 e. The van der Waals surface area contributed by atoms with E-state index in [-0.39, 0.29) is 12.4 Å². The first-order valence-electron chi connectivity index (χ1n) is 4.95. The van der Waals surface area contributed by atoms with Crippen LogP contribution in [0.5, 0.6) is 0 Å². The first kappa shape index (κ1) is 14.4. The van der Waals surface area contributed by atoms with Crippen molar-refractivity contribution in [2.75, 3.05) is 13.1 Å². The van der Waals surface area contributed by atoms with E-state index in [1.807, 2.05) is 6.92 Å². The molecule has 0 radical (unpaired) electrons. The summed E-state index contributed by atoms with van der Waals surface area (Å²) in [6.45, 7) is 7.21. The van der Waals surface area contributed by atoms with Crippen LogP contribution in [0.15, 0.2) is 0 Å². The molecule has 0 rings (SSSR count). The molecule has 0 bridgehead atoms. The summed E-state index contributed by atoms with van der Waals surface area (Å²) in [6.07, 6.45) is 0.711. The molecule has 90 valence electrons. The second-order valence-electron chi connectivity index (χ2n) is 4.48. The minimum absolute atomic E-state index is 0.0204. The van der Waals surface area contributed by atoms with Gasteiger partial charge in [0.25, 0.3) is 0 Å². The summed E-state index contributed by atoms with van der Waals surface area (Å²) < 4.78 is 24.5. The molecule has 0 atom stereocenters. The number of sulfonamides is 1. The Bertz CT molecular complexity index is 317. The van der Waals surface area contributed by atoms with Crippen molar-refractivity contribution in [3.05, 3.63) is 0 Å². The second kappa shape index (κ2) is 4.94. The summed E-state index contributed by atoms with van der Waals surface area (Å²) in [5, 5.41) is 7.16. The van der Waals surface area contributed by atoms with Gasteiger partial charge in [0.15, 0.2) is 0 Å². The fourth-order valence-corrected chi connectivity index (χ4v) is 2.62. The van der Waals surface area contributed by atoms with Crippen LogP contribution in [0, 0.1) is 5.41 Å². The lowest BCUT2D eigenvalue weighted by Crippen LogP contribution is -2.46. The van der Waals surface area contributed by atoms with Crippen molar-refractivity contribution in [2.24, 2.45) is 5.73 Å². The predicted molar refractivity (Wildman–Crippen MR) is 62.5 cm³/mol. The Labute approximate surface area is 92.2 Å². The highest BCUT2D eigenvalue weighted by atomic mass is 32.2. The summed E-state index contributed by atoms with van der Waals surface area (Å²) in [6, 6.07) is 0. The summed E-state index contributed by atoms with van der Waals surface area (Å²) >= 11 is 0. The predicted octanol–water partition coefficient (Wildman–Crippen LogP) is 0.763. The smallest absolute Gasteiger partial charge is 0.219 e. The lowest BCUT2D eigenvalue weighted by Gasteiger charge is -2.29. The average Bonchev–Trinajstić information content (AvgIpc) is 2.00. The molecule has 0 aromatic rings. The molecule has 0 aliphatic carbocycles. The van der Waals surface area contributed by atoms with E-state index < -0.39 is 14.8 Å². The summed E-state index contributed by atoms with van der Waals surface area (Å²) in [7, 11) is -3.38. The molecule has 0 unspecified atom stereocenters. The number of rotatable bonds is 5. The van der Waals surface area contributed by atoms with Crippen LogP contribution in [0.25, 0.3) is 0 Å². The van der Waals surface area contributed by atoms with E-state index in [0.29, 0.717) is 13.0 Å². The van der Waals surface area contributed by atoms with Gasteiger partial charge in [0.1, 0.15) is 5.84 Å². The van der Waals surface area contributed by atoms with Crippen molar-refractivity contribution in [3.8, 4) is 0 Å². The van der Waals surface area contributed by atoms with Crippen molar-refractivity contribution in [2.45, 2.75) is 38.9 Å². The van der Waals surface area contributed by atoms with Crippen molar-refractivity contribution in [1.29, 1.82) is 5.41 Å². The number of nitrogens with zero attached hydrogens (tertiary/aromatic N) is 1. The molecule has 6 heteroatoms. The maximum atomic E-state index is 12.1. The third-order valence-electron chi connectivity index (χ3n) is 1.93. The molecule has 0 aromatic carbocycles. The Morgan fingerprint density at radius 3 is 2.13 bits per heavy atom. The fourth-order valence-electron chi connectivity index (χ4n) is 1.11. The van der Waals surface area contributed by atoms with Crippen LogP contribution in [0.4, 0.5) is 0 Å². The lowest BCUT2D eigenvalue weighted by molar-refractivity contribution is 0.426. The molecular weight excluding hydrogens is 214 g/mol. The van der Waals surface area contributed by atoms with E-state index in [0.717, 1.165) is 0 Å². The number of hydrogen-bond acceptors (Lipinski definition) is 3. The monoisotopic (exact) mass is 235 g/mol. The highest BCUT2D eigenvalue weighted by molar-refractivity contribution is 7.90. The van der Waals surface area contributed by atoms with Gasteiger partial charge in [-0.05, 0) is 27.2 Å². The minimum atomic E-state index is -3.38. The Kier molecular flexibility index (Phi) is 4.73. The third kappa shape index (κ3) is 3.79. The zero-order chi connectivity index (χ0) is 12.3. The molecule has 0 aliphatic heterocycles. The molecule has 15 heavy (non-hydrogen) atoms. The Morgan fingerprint density at radius 1 is 1.40 bits per heavy atom. The highest BCUT2D eigenvalue weighted by Gasteiger charge is 2.34. The number of nitrogens with two attached hydrogens (primary N) is 1. The first-order chi connectivity index (χ1) is 6.63. The Morgan fingerprint density at radius 2 is 1.87 bits per heavy atom. The largest absolute Gasteiger partial charge is 0.387 e. The molecule has 0 saturated heterocycles. The SMILES string of the molecule is CCCN(CC(=N)N)S(=O)(=O)C(C)(C)C. The van der Waals surface area contributed by atoms with Gasteiger partial charge in [-0.1, -0.05) is 6.92 Å². The van der Waals surface area contributed by atoms with Crippen molar-refractivity contribution in [3.63, 3.8) is 0 Å². The maximum absolute atomic E-state index is 12.1. The van der Waals surface area contributed by atoms with E-state index in [1.165, 1.54) is 4.31 Å². The van der Waals surface area contributed by atoms with Gasteiger partial charge in [-0.25, -0.2) is 8.42 Å². The van der Waals surface area contributed by atoms with Gasteiger partial charge in [-0.15, -0.1) is 0 Å². The van der Waals surface area contributed by atoms with Crippen LogP contribution in [0.1, 0.15) is 34.1 Å². The summed E-state index contributed by atoms with van der Waals surface area (Å²) in [4.78, 5) is 0. The molecule has 0 spiro atoms. The summed E-state index contributed by atoms with van der Waals surface area (Å²) in [5.41, 5.74) is 5.24. The molecule has 3 N–H and O–H groups in total. The van der Waals surface area contributed by atoms with Crippen molar-refractivity contribution in [1.82, 2.24) is 4.31 Å². The fraction of sp³-hybridized carbons (Fsp3) is 0.889. The van der Waals surface area contributed by atoms with Gasteiger partial charge in [-0.3, -0.25) is 5.41 Å². The average molecular weight is 235 g/mol. The van der Waals surface area contributed by atoms with E-state index in [9.17, 15) is 8.42 Å². The highest BCUT2D eigenvalue weighted by Crippen LogP contribution is 2.20. The number of amidine groups is 1. The van der Waals surface area contributed by atoms with Crippen LogP contribution in [-0.4, -0.2) is 36.4 Å². The number of hydrogen-bond donors (Lipinski definition) is 2. The molecule has 0 aromatic heterocycles. The Hall–Kier alpha value is -0.620. The zero-order valence-electron chi connectivity index (χ0n) is 9.87. The van der Waals surface area contributed by atoms with E-state index in [4.69, 9.17) is 11.1 Å². The van der Waals surface area contributed by atoms with Crippen LogP contribution in [0.3, 0.4) is 0 Å². The van der Waals surface area contributed by atoms with Crippen molar-refractivity contribution >= 4 is 15.9 Å². The second-order valence-corrected chi connectivity index (χ2v) is 7.17. The zero-order valence-corrected chi connectivity index (χ0v) is 10.7. The molecule has 0 fully saturated rings. The van der Waals surface area contributed by atoms with Gasteiger partial charge in [0.2, 0.25) is 10.0 Å². The van der Waals surface area contributed by atoms with Crippen LogP contribution in [0.2, 0.25) is 0 Å². The van der Waals surface area contributed by atoms with Crippen LogP contribution in [-0.2, 0) is 10.0 Å². The quantitative estimate of drug-likeness (QED) is 0.545. The number of nitrogens with one attached hydrogen (secondary N) is 1. The standard InChI is InChI=1S/C9H21N3O2S/c1-5-6-12(7-8(10)11)15(13,14)9(2,3)4/h5-7H2,1-4H3,(H3,10,11). The normalized spacial score (nSPS) is 13.1. The molecule has 5 nitrogen and oxygen atoms in total.